The van der Waals surface area contributed by atoms with E-state index in [0.717, 1.165) is 6.54 Å². The van der Waals surface area contributed by atoms with Gasteiger partial charge in [0, 0.05) is 19.1 Å². The fourth-order valence-electron chi connectivity index (χ4n) is 3.03. The number of β-amino-alcohol motifs (C(OH)–C–C–N with tert-alkyl or cyclic N) is 1. The van der Waals surface area contributed by atoms with Gasteiger partial charge in [0.15, 0.2) is 0 Å². The molecule has 0 bridgehead atoms. The van der Waals surface area contributed by atoms with E-state index in [-0.39, 0.29) is 6.10 Å². The summed E-state index contributed by atoms with van der Waals surface area (Å²) < 4.78 is 0. The first-order valence-corrected chi connectivity index (χ1v) is 5.53. The number of hydrogen-bond donors (Lipinski definition) is 1. The molecule has 0 radical (unpaired) electrons. The average Bonchev–Trinajstić information content (AvgIpc) is 2.27. The molecule has 1 saturated carbocycles. The molecule has 0 aromatic rings. The smallest absolute Gasteiger partial charge is 0.0639 e. The Morgan fingerprint density at radius 2 is 2.23 bits per heavy atom. The Balaban J connectivity index is 1.91. The van der Waals surface area contributed by atoms with Gasteiger partial charge < -0.3 is 5.11 Å². The number of aliphatic hydroxyl groups is 1. The van der Waals surface area contributed by atoms with Crippen LogP contribution in [0.2, 0.25) is 0 Å². The van der Waals surface area contributed by atoms with Crippen LogP contribution >= 0.6 is 0 Å². The Morgan fingerprint density at radius 3 is 2.62 bits per heavy atom. The van der Waals surface area contributed by atoms with Gasteiger partial charge >= 0.3 is 0 Å². The molecule has 2 nitrogen and oxygen atoms in total. The number of nitrogens with zero attached hydrogens (tertiary/aromatic N) is 1. The Kier molecular flexibility index (Phi) is 2.37. The zero-order chi connectivity index (χ0) is 9.47. The Morgan fingerprint density at radius 1 is 1.54 bits per heavy atom. The molecular formula is C11H21NO. The zero-order valence-corrected chi connectivity index (χ0v) is 8.79. The number of hydrogen-bond acceptors (Lipinski definition) is 2. The summed E-state index contributed by atoms with van der Waals surface area (Å²) in [6.07, 6.45) is 5.47. The van der Waals surface area contributed by atoms with Crippen molar-refractivity contribution in [1.29, 1.82) is 0 Å². The van der Waals surface area contributed by atoms with Gasteiger partial charge in [0.05, 0.1) is 6.10 Å². The van der Waals surface area contributed by atoms with E-state index in [1.54, 1.807) is 0 Å². The van der Waals surface area contributed by atoms with Crippen molar-refractivity contribution in [2.24, 2.45) is 5.41 Å². The van der Waals surface area contributed by atoms with Gasteiger partial charge in [0.25, 0.3) is 0 Å². The van der Waals surface area contributed by atoms with Gasteiger partial charge in [-0.15, -0.1) is 0 Å². The second-order valence-corrected chi connectivity index (χ2v) is 5.19. The normalized spacial score (nSPS) is 34.8. The lowest BCUT2D eigenvalue weighted by molar-refractivity contribution is 0.100. The molecule has 2 heteroatoms. The van der Waals surface area contributed by atoms with Crippen LogP contribution in [0.15, 0.2) is 0 Å². The molecule has 1 aliphatic carbocycles. The number of rotatable bonds is 2. The lowest BCUT2D eigenvalue weighted by atomic mass is 9.68. The van der Waals surface area contributed by atoms with Gasteiger partial charge in [-0.25, -0.2) is 0 Å². The van der Waals surface area contributed by atoms with Gasteiger partial charge in [0.2, 0.25) is 0 Å². The first-order chi connectivity index (χ1) is 6.11. The first-order valence-electron chi connectivity index (χ1n) is 5.53. The minimum absolute atomic E-state index is 0.169. The van der Waals surface area contributed by atoms with E-state index in [0.29, 0.717) is 11.5 Å². The molecule has 0 aromatic heterocycles. The van der Waals surface area contributed by atoms with Crippen LogP contribution in [0.25, 0.3) is 0 Å². The summed E-state index contributed by atoms with van der Waals surface area (Å²) in [7, 11) is 0. The lowest BCUT2D eigenvalue weighted by Gasteiger charge is -2.38. The van der Waals surface area contributed by atoms with E-state index in [2.05, 4.69) is 11.8 Å². The third-order valence-electron chi connectivity index (χ3n) is 3.80. The van der Waals surface area contributed by atoms with E-state index < -0.39 is 0 Å². The largest absolute Gasteiger partial charge is 0.392 e. The van der Waals surface area contributed by atoms with Crippen molar-refractivity contribution in [3.05, 3.63) is 0 Å². The average molecular weight is 183 g/mol. The van der Waals surface area contributed by atoms with Gasteiger partial charge in [-0.2, -0.15) is 0 Å². The van der Waals surface area contributed by atoms with E-state index in [1.807, 2.05) is 6.92 Å². The monoisotopic (exact) mass is 183 g/mol. The van der Waals surface area contributed by atoms with Crippen LogP contribution in [0, 0.1) is 5.41 Å². The molecule has 1 N–H and O–H groups in total. The highest BCUT2D eigenvalue weighted by atomic mass is 16.3. The van der Waals surface area contributed by atoms with Gasteiger partial charge in [0.1, 0.15) is 0 Å². The minimum Gasteiger partial charge on any atom is -0.392 e. The SMILES string of the molecule is CC(O)CN1CC2(CCC2)CC1C. The van der Waals surface area contributed by atoms with E-state index in [4.69, 9.17) is 0 Å². The Hall–Kier alpha value is -0.0800. The fraction of sp³-hybridized carbons (Fsp3) is 1.00. The van der Waals surface area contributed by atoms with Gasteiger partial charge in [-0.1, -0.05) is 6.42 Å². The first kappa shape index (κ1) is 9.47. The highest BCUT2D eigenvalue weighted by molar-refractivity contribution is 4.99. The van der Waals surface area contributed by atoms with Gasteiger partial charge in [-0.3, -0.25) is 4.90 Å². The van der Waals surface area contributed by atoms with Crippen LogP contribution in [0.3, 0.4) is 0 Å². The summed E-state index contributed by atoms with van der Waals surface area (Å²) in [5.74, 6) is 0. The van der Waals surface area contributed by atoms with Crippen LogP contribution in [0.5, 0.6) is 0 Å². The number of likely N-dealkylation sites (tertiary alicyclic amines) is 1. The summed E-state index contributed by atoms with van der Waals surface area (Å²) >= 11 is 0. The maximum Gasteiger partial charge on any atom is 0.0639 e. The molecule has 1 saturated heterocycles. The molecule has 0 amide bonds. The fourth-order valence-corrected chi connectivity index (χ4v) is 3.03. The maximum atomic E-state index is 9.35. The van der Waals surface area contributed by atoms with Crippen molar-refractivity contribution in [3.63, 3.8) is 0 Å². The predicted octanol–water partition coefficient (Wildman–Crippen LogP) is 1.63. The van der Waals surface area contributed by atoms with Crippen LogP contribution in [0.4, 0.5) is 0 Å². The quantitative estimate of drug-likeness (QED) is 0.703. The molecular weight excluding hydrogens is 162 g/mol. The second-order valence-electron chi connectivity index (χ2n) is 5.19. The summed E-state index contributed by atoms with van der Waals surface area (Å²) in [6, 6.07) is 0.690. The summed E-state index contributed by atoms with van der Waals surface area (Å²) in [4.78, 5) is 2.46. The zero-order valence-electron chi connectivity index (χ0n) is 8.79. The molecule has 2 atom stereocenters. The molecule has 2 rings (SSSR count). The summed E-state index contributed by atoms with van der Waals surface area (Å²) in [6.45, 7) is 6.29. The van der Waals surface area contributed by atoms with Crippen LogP contribution in [-0.4, -0.2) is 35.2 Å². The molecule has 1 spiro atoms. The number of aliphatic hydroxyl groups excluding tert-OH is 1. The molecule has 2 aliphatic rings. The Labute approximate surface area is 80.9 Å². The molecule has 13 heavy (non-hydrogen) atoms. The van der Waals surface area contributed by atoms with Crippen molar-refractivity contribution in [3.8, 4) is 0 Å². The van der Waals surface area contributed by atoms with E-state index in [1.165, 1.54) is 32.2 Å². The lowest BCUT2D eigenvalue weighted by Crippen LogP contribution is -2.37. The van der Waals surface area contributed by atoms with Crippen molar-refractivity contribution in [1.82, 2.24) is 4.90 Å². The third kappa shape index (κ3) is 1.75. The second kappa shape index (κ2) is 3.25. The Bertz CT molecular complexity index is 187. The predicted molar refractivity (Wildman–Crippen MR) is 53.6 cm³/mol. The molecule has 76 valence electrons. The van der Waals surface area contributed by atoms with Crippen LogP contribution in [-0.2, 0) is 0 Å². The van der Waals surface area contributed by atoms with Crippen molar-refractivity contribution in [2.45, 2.75) is 51.7 Å². The highest BCUT2D eigenvalue weighted by Gasteiger charge is 2.45. The standard InChI is InChI=1S/C11H21NO/c1-9-6-11(4-3-5-11)8-12(9)7-10(2)13/h9-10,13H,3-8H2,1-2H3. The van der Waals surface area contributed by atoms with Crippen LogP contribution < -0.4 is 0 Å². The topological polar surface area (TPSA) is 23.5 Å². The van der Waals surface area contributed by atoms with E-state index in [9.17, 15) is 5.11 Å². The van der Waals surface area contributed by atoms with Crippen LogP contribution in [0.1, 0.15) is 39.5 Å². The molecule has 1 aliphatic heterocycles. The molecule has 1 heterocycles. The van der Waals surface area contributed by atoms with Crippen molar-refractivity contribution in [2.75, 3.05) is 13.1 Å². The van der Waals surface area contributed by atoms with Gasteiger partial charge in [-0.05, 0) is 38.5 Å². The van der Waals surface area contributed by atoms with Crippen molar-refractivity contribution >= 4 is 0 Å². The summed E-state index contributed by atoms with van der Waals surface area (Å²) in [5.41, 5.74) is 0.661. The molecule has 2 fully saturated rings. The van der Waals surface area contributed by atoms with Crippen molar-refractivity contribution < 1.29 is 5.11 Å². The molecule has 2 unspecified atom stereocenters. The summed E-state index contributed by atoms with van der Waals surface area (Å²) in [5, 5.41) is 9.35. The highest BCUT2D eigenvalue weighted by Crippen LogP contribution is 2.50. The van der Waals surface area contributed by atoms with E-state index >= 15 is 0 Å². The molecule has 0 aromatic carbocycles. The maximum absolute atomic E-state index is 9.35. The minimum atomic E-state index is -0.169. The third-order valence-corrected chi connectivity index (χ3v) is 3.80.